The van der Waals surface area contributed by atoms with Crippen LogP contribution in [0.15, 0.2) is 30.3 Å². The zero-order valence-corrected chi connectivity index (χ0v) is 17.4. The number of aromatic amines is 1. The maximum Gasteiger partial charge on any atom is 0.413 e. The quantitative estimate of drug-likeness (QED) is 0.647. The molecule has 2 N–H and O–H groups in total. The molecule has 0 radical (unpaired) electrons. The van der Waals surface area contributed by atoms with Gasteiger partial charge < -0.3 is 14.4 Å². The largest absolute Gasteiger partial charge is 0.496 e. The molecule has 1 aromatic carbocycles. The summed E-state index contributed by atoms with van der Waals surface area (Å²) in [4.78, 5) is 31.7. The number of aromatic nitrogens is 3. The number of carbonyl (C=O) groups excluding carboxylic acids is 2. The molecule has 1 aliphatic heterocycles. The molecule has 9 nitrogen and oxygen atoms in total. The lowest BCUT2D eigenvalue weighted by Crippen LogP contribution is -2.35. The van der Waals surface area contributed by atoms with Crippen molar-refractivity contribution >= 4 is 28.5 Å². The van der Waals surface area contributed by atoms with Crippen LogP contribution in [0, 0.1) is 0 Å². The van der Waals surface area contributed by atoms with Crippen LogP contribution in [-0.4, -0.2) is 52.3 Å². The second-order valence-electron chi connectivity index (χ2n) is 6.58. The van der Waals surface area contributed by atoms with E-state index in [1.165, 1.54) is 11.3 Å². The van der Waals surface area contributed by atoms with Gasteiger partial charge in [0.05, 0.1) is 31.6 Å². The van der Waals surface area contributed by atoms with Crippen molar-refractivity contribution in [2.24, 2.45) is 0 Å². The van der Waals surface area contributed by atoms with Crippen LogP contribution in [-0.2, 0) is 17.7 Å². The van der Waals surface area contributed by atoms with Crippen molar-refractivity contribution in [2.75, 3.05) is 25.6 Å². The van der Waals surface area contributed by atoms with E-state index in [0.717, 1.165) is 16.1 Å². The lowest BCUT2D eigenvalue weighted by molar-refractivity contribution is 0.0730. The summed E-state index contributed by atoms with van der Waals surface area (Å²) in [5, 5.41) is 10.2. The number of hydrogen-bond donors (Lipinski definition) is 2. The molecule has 10 heteroatoms. The van der Waals surface area contributed by atoms with Crippen LogP contribution < -0.4 is 10.1 Å². The van der Waals surface area contributed by atoms with Crippen molar-refractivity contribution in [3.05, 3.63) is 46.6 Å². The first-order valence-corrected chi connectivity index (χ1v) is 10.3. The number of thiazole rings is 1. The van der Waals surface area contributed by atoms with Gasteiger partial charge >= 0.3 is 6.09 Å². The molecule has 30 heavy (non-hydrogen) atoms. The fraction of sp³-hybridized carbons (Fsp3) is 0.300. The highest BCUT2D eigenvalue weighted by molar-refractivity contribution is 7.15. The van der Waals surface area contributed by atoms with Gasteiger partial charge in [0.2, 0.25) is 0 Å². The van der Waals surface area contributed by atoms with E-state index >= 15 is 0 Å². The molecule has 0 unspecified atom stereocenters. The highest BCUT2D eigenvalue weighted by atomic mass is 32.1. The Morgan fingerprint density at radius 1 is 1.33 bits per heavy atom. The van der Waals surface area contributed by atoms with Crippen molar-refractivity contribution in [2.45, 2.75) is 19.9 Å². The Labute approximate surface area is 177 Å². The SMILES string of the molecule is CCOC(=O)Nc1nc2c(s1)CN(C(=O)c1cc(-c3ccccc3OC)n[nH]1)CC2. The Hall–Kier alpha value is -3.40. The number of amides is 2. The fourth-order valence-corrected chi connectivity index (χ4v) is 4.28. The normalized spacial score (nSPS) is 12.9. The molecule has 156 valence electrons. The van der Waals surface area contributed by atoms with Crippen LogP contribution in [0.4, 0.5) is 9.93 Å². The van der Waals surface area contributed by atoms with Crippen molar-refractivity contribution < 1.29 is 19.1 Å². The Morgan fingerprint density at radius 2 is 2.17 bits per heavy atom. The molecule has 3 heterocycles. The van der Waals surface area contributed by atoms with Crippen LogP contribution >= 0.6 is 11.3 Å². The van der Waals surface area contributed by atoms with Gasteiger partial charge in [-0.15, -0.1) is 0 Å². The highest BCUT2D eigenvalue weighted by Crippen LogP contribution is 2.31. The van der Waals surface area contributed by atoms with E-state index < -0.39 is 6.09 Å². The third kappa shape index (κ3) is 3.99. The third-order valence-electron chi connectivity index (χ3n) is 4.69. The van der Waals surface area contributed by atoms with Crippen molar-refractivity contribution in [3.8, 4) is 17.0 Å². The number of H-pyrrole nitrogens is 1. The van der Waals surface area contributed by atoms with E-state index in [4.69, 9.17) is 9.47 Å². The molecule has 0 fully saturated rings. The first-order valence-electron chi connectivity index (χ1n) is 9.49. The fourth-order valence-electron chi connectivity index (χ4n) is 3.27. The summed E-state index contributed by atoms with van der Waals surface area (Å²) >= 11 is 1.35. The number of ether oxygens (including phenoxy) is 2. The molecule has 0 atom stereocenters. The second-order valence-corrected chi connectivity index (χ2v) is 7.66. The van der Waals surface area contributed by atoms with Crippen molar-refractivity contribution in [1.82, 2.24) is 20.1 Å². The van der Waals surface area contributed by atoms with Crippen molar-refractivity contribution in [3.63, 3.8) is 0 Å². The molecule has 0 spiro atoms. The third-order valence-corrected chi connectivity index (χ3v) is 5.69. The van der Waals surface area contributed by atoms with Crippen LogP contribution in [0.5, 0.6) is 5.75 Å². The number of nitrogens with one attached hydrogen (secondary N) is 2. The van der Waals surface area contributed by atoms with Gasteiger partial charge in [0.25, 0.3) is 5.91 Å². The summed E-state index contributed by atoms with van der Waals surface area (Å²) in [7, 11) is 1.60. The first kappa shape index (κ1) is 19.9. The first-order chi connectivity index (χ1) is 14.6. The number of benzene rings is 1. The lowest BCUT2D eigenvalue weighted by Gasteiger charge is -2.25. The smallest absolute Gasteiger partial charge is 0.413 e. The summed E-state index contributed by atoms with van der Waals surface area (Å²) in [6, 6.07) is 9.25. The monoisotopic (exact) mass is 427 g/mol. The Bertz CT molecular complexity index is 1080. The van der Waals surface area contributed by atoms with Crippen molar-refractivity contribution in [1.29, 1.82) is 0 Å². The lowest BCUT2D eigenvalue weighted by atomic mass is 10.1. The standard InChI is InChI=1S/C20H21N5O4S/c1-3-29-20(27)22-19-21-13-8-9-25(11-17(13)30-19)18(26)15-10-14(23-24-15)12-6-4-5-7-16(12)28-2/h4-7,10H,3,8-9,11H2,1-2H3,(H,23,24)(H,21,22,27). The Balaban J connectivity index is 1.47. The molecule has 4 rings (SSSR count). The van der Waals surface area contributed by atoms with Crippen LogP contribution in [0.3, 0.4) is 0 Å². The van der Waals surface area contributed by atoms with Crippen LogP contribution in [0.2, 0.25) is 0 Å². The van der Waals surface area contributed by atoms with E-state index in [-0.39, 0.29) is 5.91 Å². The number of fused-ring (bicyclic) bond motifs is 1. The molecular formula is C20H21N5O4S. The number of carbonyl (C=O) groups is 2. The Kier molecular flexibility index (Phi) is 5.66. The van der Waals surface area contributed by atoms with Gasteiger partial charge in [0.1, 0.15) is 11.4 Å². The van der Waals surface area contributed by atoms with Gasteiger partial charge in [-0.05, 0) is 25.1 Å². The van der Waals surface area contributed by atoms with Gasteiger partial charge in [0, 0.05) is 23.4 Å². The summed E-state index contributed by atoms with van der Waals surface area (Å²) in [5.74, 6) is 0.555. The average molecular weight is 427 g/mol. The van der Waals surface area contributed by atoms with Crippen LogP contribution in [0.25, 0.3) is 11.3 Å². The van der Waals surface area contributed by atoms with Gasteiger partial charge in [-0.2, -0.15) is 5.10 Å². The number of rotatable bonds is 5. The van der Waals surface area contributed by atoms with Gasteiger partial charge in [0.15, 0.2) is 5.13 Å². The maximum absolute atomic E-state index is 13.0. The zero-order chi connectivity index (χ0) is 21.1. The highest BCUT2D eigenvalue weighted by Gasteiger charge is 2.26. The molecule has 2 aromatic heterocycles. The van der Waals surface area contributed by atoms with Crippen LogP contribution in [0.1, 0.15) is 28.0 Å². The van der Waals surface area contributed by atoms with Gasteiger partial charge in [-0.1, -0.05) is 23.5 Å². The molecule has 0 saturated heterocycles. The molecule has 0 bridgehead atoms. The number of hydrogen-bond acceptors (Lipinski definition) is 7. The maximum atomic E-state index is 13.0. The minimum Gasteiger partial charge on any atom is -0.496 e. The predicted octanol–water partition coefficient (Wildman–Crippen LogP) is 3.31. The molecule has 3 aromatic rings. The molecular weight excluding hydrogens is 406 g/mol. The van der Waals surface area contributed by atoms with E-state index in [2.05, 4.69) is 20.5 Å². The number of para-hydroxylation sites is 1. The summed E-state index contributed by atoms with van der Waals surface area (Å²) < 4.78 is 10.3. The van der Waals surface area contributed by atoms with E-state index in [1.807, 2.05) is 24.3 Å². The minimum atomic E-state index is -0.530. The topological polar surface area (TPSA) is 109 Å². The molecule has 1 aliphatic rings. The number of anilines is 1. The number of methoxy groups -OCH3 is 1. The summed E-state index contributed by atoms with van der Waals surface area (Å²) in [5.41, 5.74) is 2.77. The zero-order valence-electron chi connectivity index (χ0n) is 16.6. The predicted molar refractivity (Wildman–Crippen MR) is 112 cm³/mol. The Morgan fingerprint density at radius 3 is 2.97 bits per heavy atom. The van der Waals surface area contributed by atoms with Gasteiger partial charge in [-0.3, -0.25) is 15.2 Å². The second kappa shape index (κ2) is 8.54. The van der Waals surface area contributed by atoms with Gasteiger partial charge in [-0.25, -0.2) is 9.78 Å². The number of nitrogens with zero attached hydrogens (tertiary/aromatic N) is 3. The summed E-state index contributed by atoms with van der Waals surface area (Å²) in [6.07, 6.45) is 0.0909. The van der Waals surface area contributed by atoms with E-state index in [9.17, 15) is 9.59 Å². The average Bonchev–Trinajstić information content (AvgIpc) is 3.39. The minimum absolute atomic E-state index is 0.136. The molecule has 0 saturated carbocycles. The van der Waals surface area contributed by atoms with E-state index in [1.54, 1.807) is 25.0 Å². The van der Waals surface area contributed by atoms with E-state index in [0.29, 0.717) is 48.4 Å². The summed E-state index contributed by atoms with van der Waals surface area (Å²) in [6.45, 7) is 3.00. The molecule has 0 aliphatic carbocycles. The molecule has 2 amide bonds.